The highest BCUT2D eigenvalue weighted by molar-refractivity contribution is 5.95. The lowest BCUT2D eigenvalue weighted by atomic mass is 10.0. The molecule has 0 fully saturated rings. The second-order valence-corrected chi connectivity index (χ2v) is 4.85. The van der Waals surface area contributed by atoms with Crippen molar-refractivity contribution in [1.29, 1.82) is 0 Å². The van der Waals surface area contributed by atoms with E-state index in [0.29, 0.717) is 0 Å². The van der Waals surface area contributed by atoms with E-state index < -0.39 is 5.82 Å². The van der Waals surface area contributed by atoms with Crippen molar-refractivity contribution in [3.05, 3.63) is 58.9 Å². The summed E-state index contributed by atoms with van der Waals surface area (Å²) in [5, 5.41) is 2.52. The molecule has 4 heteroatoms. The summed E-state index contributed by atoms with van der Waals surface area (Å²) in [5.74, 6) is -0.816. The second-order valence-electron chi connectivity index (χ2n) is 4.85. The van der Waals surface area contributed by atoms with Gasteiger partial charge < -0.3 is 11.1 Å². The maximum Gasteiger partial charge on any atom is 0.228 e. The molecule has 3 nitrogen and oxygen atoms in total. The highest BCUT2D eigenvalue weighted by atomic mass is 19.1. The van der Waals surface area contributed by atoms with Crippen molar-refractivity contribution in [3.8, 4) is 0 Å². The fourth-order valence-corrected chi connectivity index (χ4v) is 1.96. The van der Waals surface area contributed by atoms with Gasteiger partial charge in [0, 0.05) is 0 Å². The molecule has 0 aliphatic rings. The van der Waals surface area contributed by atoms with E-state index in [1.807, 2.05) is 32.0 Å². The predicted octanol–water partition coefficient (Wildman–Crippen LogP) is 3.21. The van der Waals surface area contributed by atoms with Crippen LogP contribution in [0.4, 0.5) is 15.8 Å². The van der Waals surface area contributed by atoms with Gasteiger partial charge in [-0.05, 0) is 42.7 Å². The quantitative estimate of drug-likeness (QED) is 0.843. The Hall–Kier alpha value is -2.36. The molecule has 0 spiro atoms. The molecule has 2 rings (SSSR count). The number of hydrogen-bond donors (Lipinski definition) is 2. The molecule has 0 aliphatic heterocycles. The number of nitrogen functional groups attached to an aromatic ring is 1. The molecule has 2 aromatic rings. The summed E-state index contributed by atoms with van der Waals surface area (Å²) in [5.41, 5.74) is 9.10. The van der Waals surface area contributed by atoms with Crippen LogP contribution in [0.2, 0.25) is 0 Å². The zero-order chi connectivity index (χ0) is 14.7. The fourth-order valence-electron chi connectivity index (χ4n) is 1.96. The lowest BCUT2D eigenvalue weighted by Gasteiger charge is -2.10. The number of hydrogen-bond acceptors (Lipinski definition) is 2. The average molecular weight is 272 g/mol. The van der Waals surface area contributed by atoms with E-state index in [9.17, 15) is 9.18 Å². The number of para-hydroxylation sites is 1. The minimum absolute atomic E-state index is 0.0429. The Morgan fingerprint density at radius 1 is 1.20 bits per heavy atom. The number of anilines is 2. The molecule has 0 heterocycles. The van der Waals surface area contributed by atoms with Gasteiger partial charge >= 0.3 is 0 Å². The van der Waals surface area contributed by atoms with Crippen LogP contribution in [0, 0.1) is 19.7 Å². The first kappa shape index (κ1) is 14.1. The summed E-state index contributed by atoms with van der Waals surface area (Å²) in [6.07, 6.45) is 0.189. The molecule has 2 aromatic carbocycles. The first-order valence-corrected chi connectivity index (χ1v) is 6.37. The number of rotatable bonds is 3. The minimum Gasteiger partial charge on any atom is -0.397 e. The molecular weight excluding hydrogens is 255 g/mol. The molecule has 0 saturated carbocycles. The second kappa shape index (κ2) is 5.74. The molecule has 0 radical (unpaired) electrons. The van der Waals surface area contributed by atoms with E-state index in [1.165, 1.54) is 17.7 Å². The Bertz CT molecular complexity index is 633. The SMILES string of the molecule is Cc1ccc(CC(=O)Nc2c(N)cccc2F)cc1C. The Morgan fingerprint density at radius 3 is 2.60 bits per heavy atom. The lowest BCUT2D eigenvalue weighted by Crippen LogP contribution is -2.16. The molecule has 0 aromatic heterocycles. The standard InChI is InChI=1S/C16H17FN2O/c1-10-6-7-12(8-11(10)2)9-15(20)19-16-13(17)4-3-5-14(16)18/h3-8H,9,18H2,1-2H3,(H,19,20). The number of aryl methyl sites for hydroxylation is 2. The van der Waals surface area contributed by atoms with Gasteiger partial charge in [-0.15, -0.1) is 0 Å². The van der Waals surface area contributed by atoms with E-state index in [0.717, 1.165) is 11.1 Å². The van der Waals surface area contributed by atoms with Crippen LogP contribution in [-0.2, 0) is 11.2 Å². The number of amides is 1. The molecule has 104 valence electrons. The normalized spacial score (nSPS) is 10.3. The zero-order valence-corrected chi connectivity index (χ0v) is 11.5. The summed E-state index contributed by atoms with van der Waals surface area (Å²) in [7, 11) is 0. The van der Waals surface area contributed by atoms with Gasteiger partial charge in [0.1, 0.15) is 11.5 Å². The van der Waals surface area contributed by atoms with Crippen LogP contribution in [0.5, 0.6) is 0 Å². The number of halogens is 1. The van der Waals surface area contributed by atoms with Gasteiger partial charge in [0.25, 0.3) is 0 Å². The van der Waals surface area contributed by atoms with Gasteiger partial charge in [0.15, 0.2) is 0 Å². The van der Waals surface area contributed by atoms with Gasteiger partial charge in [0.2, 0.25) is 5.91 Å². The molecule has 0 atom stereocenters. The van der Waals surface area contributed by atoms with Crippen LogP contribution in [-0.4, -0.2) is 5.91 Å². The molecular formula is C16H17FN2O. The summed E-state index contributed by atoms with van der Waals surface area (Å²) >= 11 is 0. The van der Waals surface area contributed by atoms with Crippen LogP contribution in [0.1, 0.15) is 16.7 Å². The van der Waals surface area contributed by atoms with Crippen LogP contribution in [0.15, 0.2) is 36.4 Å². The smallest absolute Gasteiger partial charge is 0.228 e. The third-order valence-electron chi connectivity index (χ3n) is 3.25. The highest BCUT2D eigenvalue weighted by Gasteiger charge is 2.10. The third kappa shape index (κ3) is 3.15. The first-order valence-electron chi connectivity index (χ1n) is 6.37. The molecule has 3 N–H and O–H groups in total. The molecule has 0 saturated heterocycles. The molecule has 0 unspecified atom stereocenters. The Kier molecular flexibility index (Phi) is 4.03. The van der Waals surface area contributed by atoms with Crippen molar-refractivity contribution in [2.24, 2.45) is 0 Å². The largest absolute Gasteiger partial charge is 0.397 e. The van der Waals surface area contributed by atoms with Gasteiger partial charge in [0.05, 0.1) is 12.1 Å². The average Bonchev–Trinajstić information content (AvgIpc) is 2.38. The minimum atomic E-state index is -0.529. The number of carbonyl (C=O) groups excluding carboxylic acids is 1. The Morgan fingerprint density at radius 2 is 1.95 bits per heavy atom. The van der Waals surface area contributed by atoms with Crippen LogP contribution in [0.25, 0.3) is 0 Å². The van der Waals surface area contributed by atoms with E-state index in [-0.39, 0.29) is 23.7 Å². The molecule has 20 heavy (non-hydrogen) atoms. The Labute approximate surface area is 117 Å². The van der Waals surface area contributed by atoms with Crippen LogP contribution < -0.4 is 11.1 Å². The topological polar surface area (TPSA) is 55.1 Å². The van der Waals surface area contributed by atoms with Gasteiger partial charge in [-0.2, -0.15) is 0 Å². The van der Waals surface area contributed by atoms with Crippen molar-refractivity contribution >= 4 is 17.3 Å². The summed E-state index contributed by atoms with van der Waals surface area (Å²) in [6, 6.07) is 10.1. The van der Waals surface area contributed by atoms with E-state index in [4.69, 9.17) is 5.73 Å². The van der Waals surface area contributed by atoms with E-state index >= 15 is 0 Å². The number of benzene rings is 2. The van der Waals surface area contributed by atoms with Gasteiger partial charge in [-0.25, -0.2) is 4.39 Å². The van der Waals surface area contributed by atoms with Crippen LogP contribution >= 0.6 is 0 Å². The summed E-state index contributed by atoms with van der Waals surface area (Å²) < 4.78 is 13.6. The molecule has 0 aliphatic carbocycles. The van der Waals surface area contributed by atoms with E-state index in [2.05, 4.69) is 5.32 Å². The van der Waals surface area contributed by atoms with E-state index in [1.54, 1.807) is 6.07 Å². The van der Waals surface area contributed by atoms with Crippen molar-refractivity contribution in [2.75, 3.05) is 11.1 Å². The van der Waals surface area contributed by atoms with Crippen molar-refractivity contribution in [1.82, 2.24) is 0 Å². The maximum absolute atomic E-state index is 13.6. The van der Waals surface area contributed by atoms with Gasteiger partial charge in [-0.3, -0.25) is 4.79 Å². The zero-order valence-electron chi connectivity index (χ0n) is 11.5. The monoisotopic (exact) mass is 272 g/mol. The molecule has 1 amide bonds. The predicted molar refractivity (Wildman–Crippen MR) is 79.1 cm³/mol. The van der Waals surface area contributed by atoms with Gasteiger partial charge in [-0.1, -0.05) is 24.3 Å². The third-order valence-corrected chi connectivity index (χ3v) is 3.25. The number of carbonyl (C=O) groups is 1. The summed E-state index contributed by atoms with van der Waals surface area (Å²) in [6.45, 7) is 4.00. The summed E-state index contributed by atoms with van der Waals surface area (Å²) in [4.78, 5) is 11.9. The van der Waals surface area contributed by atoms with Crippen molar-refractivity contribution < 1.29 is 9.18 Å². The van der Waals surface area contributed by atoms with Crippen molar-refractivity contribution in [2.45, 2.75) is 20.3 Å². The first-order chi connectivity index (χ1) is 9.47. The Balaban J connectivity index is 2.11. The lowest BCUT2D eigenvalue weighted by molar-refractivity contribution is -0.115. The number of nitrogens with one attached hydrogen (secondary N) is 1. The molecule has 0 bridgehead atoms. The van der Waals surface area contributed by atoms with Crippen molar-refractivity contribution in [3.63, 3.8) is 0 Å². The fraction of sp³-hybridized carbons (Fsp3) is 0.188. The maximum atomic E-state index is 13.6. The number of nitrogens with two attached hydrogens (primary N) is 1. The van der Waals surface area contributed by atoms with Crippen LogP contribution in [0.3, 0.4) is 0 Å². The highest BCUT2D eigenvalue weighted by Crippen LogP contribution is 2.22.